The summed E-state index contributed by atoms with van der Waals surface area (Å²) in [7, 11) is 0. The highest BCUT2D eigenvalue weighted by atomic mass is 16.7. The molecule has 2 heterocycles. The summed E-state index contributed by atoms with van der Waals surface area (Å²) in [5.74, 6) is 2.11. The number of hydrogen-bond donors (Lipinski definition) is 2. The fraction of sp³-hybridized carbons (Fsp3) is 0.0270. The molecule has 1 aliphatic carbocycles. The van der Waals surface area contributed by atoms with Crippen molar-refractivity contribution in [2.45, 2.75) is 6.10 Å². The maximum absolute atomic E-state index is 6.20. The number of aromatic nitrogens is 2. The summed E-state index contributed by atoms with van der Waals surface area (Å²) in [5.41, 5.74) is 19.8. The van der Waals surface area contributed by atoms with Crippen molar-refractivity contribution in [2.24, 2.45) is 0 Å². The second-order valence-electron chi connectivity index (χ2n) is 10.5. The van der Waals surface area contributed by atoms with E-state index in [9.17, 15) is 0 Å². The van der Waals surface area contributed by atoms with Crippen molar-refractivity contribution in [1.29, 1.82) is 0 Å². The van der Waals surface area contributed by atoms with E-state index in [4.69, 9.17) is 25.3 Å². The first-order chi connectivity index (χ1) is 21.2. The van der Waals surface area contributed by atoms with Gasteiger partial charge in [-0.1, -0.05) is 103 Å². The van der Waals surface area contributed by atoms with Gasteiger partial charge in [-0.05, 0) is 41.5 Å². The van der Waals surface area contributed by atoms with E-state index >= 15 is 0 Å². The first-order valence-corrected chi connectivity index (χ1v) is 14.1. The molecule has 0 bridgehead atoms. The van der Waals surface area contributed by atoms with Crippen molar-refractivity contribution in [3.8, 4) is 56.5 Å². The summed E-state index contributed by atoms with van der Waals surface area (Å²) in [5, 5.41) is 0. The van der Waals surface area contributed by atoms with E-state index in [0.717, 1.165) is 61.8 Å². The molecule has 0 saturated carbocycles. The Hall–Kier alpha value is -5.88. The van der Waals surface area contributed by atoms with Crippen molar-refractivity contribution in [1.82, 2.24) is 15.4 Å². The molecule has 0 radical (unpaired) electrons. The van der Waals surface area contributed by atoms with E-state index in [1.54, 1.807) is 0 Å². The van der Waals surface area contributed by atoms with Crippen LogP contribution in [-0.2, 0) is 0 Å². The Morgan fingerprint density at radius 3 is 1.88 bits per heavy atom. The van der Waals surface area contributed by atoms with Crippen molar-refractivity contribution >= 4 is 11.3 Å². The van der Waals surface area contributed by atoms with Gasteiger partial charge in [0.25, 0.3) is 0 Å². The number of fused-ring (bicyclic) bond motifs is 2. The summed E-state index contributed by atoms with van der Waals surface area (Å²) in [6.45, 7) is 0. The molecule has 1 aliphatic heterocycles. The van der Waals surface area contributed by atoms with Crippen LogP contribution in [-0.4, -0.2) is 16.1 Å². The van der Waals surface area contributed by atoms with E-state index < -0.39 is 0 Å². The zero-order chi connectivity index (χ0) is 28.8. The van der Waals surface area contributed by atoms with Gasteiger partial charge >= 0.3 is 0 Å². The standard InChI is InChI=1S/C37H26N4O2/c38-29-13-7-8-14-33(29)42-36-34-28-21-27(19-20-32(28)43-41-35(34)36)23-15-17-26(18-16-23)37-39-30(24-9-3-1-4-10-24)22-31(40-37)25-11-5-2-6-12-25/h1-22,36,41H,38H2. The Kier molecular flexibility index (Phi) is 5.90. The third-order valence-corrected chi connectivity index (χ3v) is 7.78. The minimum atomic E-state index is -0.212. The van der Waals surface area contributed by atoms with Gasteiger partial charge in [0.1, 0.15) is 11.4 Å². The zero-order valence-corrected chi connectivity index (χ0v) is 23.1. The highest BCUT2D eigenvalue weighted by Crippen LogP contribution is 2.49. The summed E-state index contributed by atoms with van der Waals surface area (Å²) in [4.78, 5) is 15.7. The number of ether oxygens (including phenoxy) is 1. The second kappa shape index (κ2) is 10.2. The lowest BCUT2D eigenvalue weighted by Crippen LogP contribution is -2.18. The van der Waals surface area contributed by atoms with Gasteiger partial charge in [-0.3, -0.25) is 0 Å². The monoisotopic (exact) mass is 558 g/mol. The molecular formula is C37H26N4O2. The molecule has 1 atom stereocenters. The summed E-state index contributed by atoms with van der Waals surface area (Å²) >= 11 is 0. The molecule has 3 N–H and O–H groups in total. The molecule has 6 nitrogen and oxygen atoms in total. The van der Waals surface area contributed by atoms with E-state index in [0.29, 0.717) is 17.3 Å². The molecule has 1 aromatic heterocycles. The van der Waals surface area contributed by atoms with Gasteiger partial charge in [0, 0.05) is 27.8 Å². The molecule has 0 fully saturated rings. The highest BCUT2D eigenvalue weighted by molar-refractivity contribution is 5.93. The summed E-state index contributed by atoms with van der Waals surface area (Å²) in [6, 6.07) is 44.6. The number of nitrogen functional groups attached to an aromatic ring is 1. The number of para-hydroxylation sites is 2. The molecule has 206 valence electrons. The van der Waals surface area contributed by atoms with Crippen LogP contribution < -0.4 is 20.8 Å². The fourth-order valence-corrected chi connectivity index (χ4v) is 5.45. The SMILES string of the molecule is Nc1ccccc1OC1C2=C1c1cc(-c3ccc(-c4nc(-c5ccccc5)cc(-c5ccccc5)n4)cc3)ccc1ON2. The Labute approximate surface area is 249 Å². The Morgan fingerprint density at radius 1 is 0.605 bits per heavy atom. The Bertz CT molecular complexity index is 1950. The molecule has 43 heavy (non-hydrogen) atoms. The zero-order valence-electron chi connectivity index (χ0n) is 23.1. The number of nitrogens with zero attached hydrogens (tertiary/aromatic N) is 2. The van der Waals surface area contributed by atoms with Crippen LogP contribution in [0.15, 0.2) is 139 Å². The molecule has 0 saturated heterocycles. The lowest BCUT2D eigenvalue weighted by molar-refractivity contribution is 0.213. The van der Waals surface area contributed by atoms with E-state index in [-0.39, 0.29) is 6.10 Å². The summed E-state index contributed by atoms with van der Waals surface area (Å²) < 4.78 is 6.20. The third-order valence-electron chi connectivity index (χ3n) is 7.78. The van der Waals surface area contributed by atoms with Gasteiger partial charge in [-0.15, -0.1) is 0 Å². The van der Waals surface area contributed by atoms with E-state index in [1.165, 1.54) is 0 Å². The van der Waals surface area contributed by atoms with Crippen LogP contribution >= 0.6 is 0 Å². The van der Waals surface area contributed by atoms with E-state index in [2.05, 4.69) is 72.2 Å². The van der Waals surface area contributed by atoms with Crippen molar-refractivity contribution in [2.75, 3.05) is 5.73 Å². The van der Waals surface area contributed by atoms with Crippen molar-refractivity contribution in [3.63, 3.8) is 0 Å². The van der Waals surface area contributed by atoms with Crippen LogP contribution in [0.4, 0.5) is 5.69 Å². The van der Waals surface area contributed by atoms with Crippen LogP contribution in [0.2, 0.25) is 0 Å². The molecule has 1 unspecified atom stereocenters. The van der Waals surface area contributed by atoms with Crippen LogP contribution in [0.1, 0.15) is 5.56 Å². The lowest BCUT2D eigenvalue weighted by atomic mass is 9.99. The Morgan fingerprint density at radius 2 is 1.21 bits per heavy atom. The quantitative estimate of drug-likeness (QED) is 0.203. The third kappa shape index (κ3) is 4.65. The Balaban J connectivity index is 1.10. The second-order valence-corrected chi connectivity index (χ2v) is 10.5. The number of rotatable bonds is 6. The summed E-state index contributed by atoms with van der Waals surface area (Å²) in [6.07, 6.45) is -0.212. The lowest BCUT2D eigenvalue weighted by Gasteiger charge is -2.13. The van der Waals surface area contributed by atoms with Crippen LogP contribution in [0.5, 0.6) is 11.5 Å². The van der Waals surface area contributed by atoms with Gasteiger partial charge in [-0.25, -0.2) is 15.4 Å². The number of benzene rings is 5. The average Bonchev–Trinajstić information content (AvgIpc) is 3.79. The van der Waals surface area contributed by atoms with Gasteiger partial charge < -0.3 is 15.3 Å². The molecule has 0 amide bonds. The first kappa shape index (κ1) is 24.9. The van der Waals surface area contributed by atoms with Crippen LogP contribution in [0.3, 0.4) is 0 Å². The smallest absolute Gasteiger partial charge is 0.170 e. The predicted octanol–water partition coefficient (Wildman–Crippen LogP) is 7.80. The molecule has 2 aliphatic rings. The van der Waals surface area contributed by atoms with Crippen LogP contribution in [0, 0.1) is 0 Å². The molecule has 6 heteroatoms. The van der Waals surface area contributed by atoms with Gasteiger partial charge in [0.05, 0.1) is 17.1 Å². The van der Waals surface area contributed by atoms with Gasteiger partial charge in [0.2, 0.25) is 0 Å². The average molecular weight is 559 g/mol. The molecule has 8 rings (SSSR count). The fourth-order valence-electron chi connectivity index (χ4n) is 5.45. The minimum absolute atomic E-state index is 0.212. The van der Waals surface area contributed by atoms with Crippen molar-refractivity contribution < 1.29 is 9.57 Å². The number of hydrogen-bond acceptors (Lipinski definition) is 6. The predicted molar refractivity (Wildman–Crippen MR) is 170 cm³/mol. The van der Waals surface area contributed by atoms with Gasteiger partial charge in [0.15, 0.2) is 17.7 Å². The largest absolute Gasteiger partial charge is 0.477 e. The van der Waals surface area contributed by atoms with Gasteiger partial charge in [-0.2, -0.15) is 0 Å². The maximum atomic E-state index is 6.20. The highest BCUT2D eigenvalue weighted by Gasteiger charge is 2.45. The van der Waals surface area contributed by atoms with E-state index in [1.807, 2.05) is 66.7 Å². The number of anilines is 1. The van der Waals surface area contributed by atoms with Crippen LogP contribution in [0.25, 0.3) is 50.6 Å². The normalized spacial score (nSPS) is 14.7. The number of nitrogens with two attached hydrogens (primary N) is 1. The van der Waals surface area contributed by atoms with Crippen molar-refractivity contribution in [3.05, 3.63) is 145 Å². The number of hydroxylamine groups is 1. The number of nitrogens with one attached hydrogen (secondary N) is 1. The molecule has 6 aromatic rings. The topological polar surface area (TPSA) is 82.3 Å². The minimum Gasteiger partial charge on any atom is -0.477 e. The molecular weight excluding hydrogens is 532 g/mol. The maximum Gasteiger partial charge on any atom is 0.170 e. The molecule has 0 spiro atoms. The first-order valence-electron chi connectivity index (χ1n) is 14.1. The molecule has 5 aromatic carbocycles.